The van der Waals surface area contributed by atoms with Crippen LogP contribution in [0.15, 0.2) is 42.9 Å². The predicted molar refractivity (Wildman–Crippen MR) is 86.7 cm³/mol. The summed E-state index contributed by atoms with van der Waals surface area (Å²) in [6.45, 7) is 2.99. The summed E-state index contributed by atoms with van der Waals surface area (Å²) in [4.78, 5) is 22.5. The summed E-state index contributed by atoms with van der Waals surface area (Å²) in [6.07, 6.45) is 5.52. The number of hydrogen-bond acceptors (Lipinski definition) is 4. The number of carbonyl (C=O) groups is 1. The van der Waals surface area contributed by atoms with E-state index >= 15 is 0 Å². The number of benzene rings is 1. The Hall–Kier alpha value is -2.27. The van der Waals surface area contributed by atoms with E-state index in [1.807, 2.05) is 31.2 Å². The van der Waals surface area contributed by atoms with E-state index in [-0.39, 0.29) is 11.8 Å². The fourth-order valence-corrected chi connectivity index (χ4v) is 3.07. The standard InChI is InChI=1S/C18H21N3O2/c1-13-3-2-4-14(7-13)8-18(23)21-11-15(17(22)12-21)9-16-10-19-5-6-20-16/h2-7,10,15,17,22H,8-9,11-12H2,1H3/t15-,17-/m1/s1. The van der Waals surface area contributed by atoms with E-state index in [0.717, 1.165) is 16.8 Å². The van der Waals surface area contributed by atoms with Crippen LogP contribution in [0.1, 0.15) is 16.8 Å². The summed E-state index contributed by atoms with van der Waals surface area (Å²) in [6, 6.07) is 7.98. The number of rotatable bonds is 4. The molecular formula is C18H21N3O2. The van der Waals surface area contributed by atoms with Crippen molar-refractivity contribution in [2.75, 3.05) is 13.1 Å². The zero-order valence-electron chi connectivity index (χ0n) is 13.2. The number of aromatic nitrogens is 2. The van der Waals surface area contributed by atoms with Gasteiger partial charge in [0.2, 0.25) is 5.91 Å². The number of aliphatic hydroxyl groups is 1. The van der Waals surface area contributed by atoms with Gasteiger partial charge in [0.05, 0.1) is 18.2 Å². The maximum Gasteiger partial charge on any atom is 0.227 e. The SMILES string of the molecule is Cc1cccc(CC(=O)N2C[C@@H](Cc3cnccn3)[C@H](O)C2)c1. The first-order chi connectivity index (χ1) is 11.1. The zero-order valence-corrected chi connectivity index (χ0v) is 13.2. The average Bonchev–Trinajstić information content (AvgIpc) is 2.89. The number of amides is 1. The molecule has 1 aliphatic rings. The number of hydrogen-bond donors (Lipinski definition) is 1. The van der Waals surface area contributed by atoms with Gasteiger partial charge in [0.15, 0.2) is 0 Å². The molecule has 1 amide bonds. The van der Waals surface area contributed by atoms with Crippen LogP contribution in [-0.2, 0) is 17.6 Å². The molecule has 120 valence electrons. The molecule has 5 nitrogen and oxygen atoms in total. The number of aliphatic hydroxyl groups excluding tert-OH is 1. The van der Waals surface area contributed by atoms with Crippen molar-refractivity contribution in [1.82, 2.24) is 14.9 Å². The molecule has 2 heterocycles. The molecule has 0 radical (unpaired) electrons. The highest BCUT2D eigenvalue weighted by Gasteiger charge is 2.34. The Morgan fingerprint density at radius 2 is 2.22 bits per heavy atom. The van der Waals surface area contributed by atoms with Gasteiger partial charge in [-0.15, -0.1) is 0 Å². The van der Waals surface area contributed by atoms with Crippen LogP contribution in [0.5, 0.6) is 0 Å². The Kier molecular flexibility index (Phi) is 4.67. The fraction of sp³-hybridized carbons (Fsp3) is 0.389. The molecule has 1 aliphatic heterocycles. The van der Waals surface area contributed by atoms with Gasteiger partial charge >= 0.3 is 0 Å². The number of likely N-dealkylation sites (tertiary alicyclic amines) is 1. The van der Waals surface area contributed by atoms with Crippen LogP contribution in [0, 0.1) is 12.8 Å². The minimum absolute atomic E-state index is 0.0214. The maximum absolute atomic E-state index is 12.5. The summed E-state index contributed by atoms with van der Waals surface area (Å²) in [7, 11) is 0. The first kappa shape index (κ1) is 15.6. The highest BCUT2D eigenvalue weighted by atomic mass is 16.3. The lowest BCUT2D eigenvalue weighted by atomic mass is 10.0. The molecule has 3 rings (SSSR count). The van der Waals surface area contributed by atoms with E-state index in [1.54, 1.807) is 23.5 Å². The van der Waals surface area contributed by atoms with Crippen LogP contribution in [0.25, 0.3) is 0 Å². The smallest absolute Gasteiger partial charge is 0.227 e. The second kappa shape index (κ2) is 6.87. The van der Waals surface area contributed by atoms with Crippen molar-refractivity contribution >= 4 is 5.91 Å². The van der Waals surface area contributed by atoms with Crippen LogP contribution in [0.2, 0.25) is 0 Å². The minimum Gasteiger partial charge on any atom is -0.391 e. The molecule has 0 unspecified atom stereocenters. The van der Waals surface area contributed by atoms with Gasteiger partial charge < -0.3 is 10.0 Å². The van der Waals surface area contributed by atoms with Gasteiger partial charge in [0.25, 0.3) is 0 Å². The van der Waals surface area contributed by atoms with E-state index in [9.17, 15) is 9.90 Å². The van der Waals surface area contributed by atoms with Crippen LogP contribution < -0.4 is 0 Å². The second-order valence-corrected chi connectivity index (χ2v) is 6.19. The fourth-order valence-electron chi connectivity index (χ4n) is 3.07. The van der Waals surface area contributed by atoms with Crippen molar-refractivity contribution in [2.45, 2.75) is 25.9 Å². The van der Waals surface area contributed by atoms with Crippen molar-refractivity contribution in [3.63, 3.8) is 0 Å². The molecule has 0 bridgehead atoms. The lowest BCUT2D eigenvalue weighted by Gasteiger charge is -2.16. The van der Waals surface area contributed by atoms with Gasteiger partial charge in [-0.25, -0.2) is 0 Å². The molecule has 1 saturated heterocycles. The molecule has 1 aromatic heterocycles. The Balaban J connectivity index is 1.60. The Morgan fingerprint density at radius 1 is 1.35 bits per heavy atom. The van der Waals surface area contributed by atoms with Crippen molar-refractivity contribution in [1.29, 1.82) is 0 Å². The third-order valence-electron chi connectivity index (χ3n) is 4.29. The molecule has 23 heavy (non-hydrogen) atoms. The number of carbonyl (C=O) groups excluding carboxylic acids is 1. The first-order valence-corrected chi connectivity index (χ1v) is 7.88. The Bertz CT molecular complexity index is 675. The number of β-amino-alcohol motifs (C(OH)–C–C–N with tert-alkyl or cyclic N) is 1. The topological polar surface area (TPSA) is 66.3 Å². The third-order valence-corrected chi connectivity index (χ3v) is 4.29. The zero-order chi connectivity index (χ0) is 16.2. The van der Waals surface area contributed by atoms with Gasteiger partial charge in [0.1, 0.15) is 0 Å². The summed E-state index contributed by atoms with van der Waals surface area (Å²) in [5.74, 6) is 0.0875. The van der Waals surface area contributed by atoms with Gasteiger partial charge in [-0.2, -0.15) is 0 Å². The van der Waals surface area contributed by atoms with Gasteiger partial charge in [-0.05, 0) is 18.9 Å². The van der Waals surface area contributed by atoms with E-state index in [1.165, 1.54) is 0 Å². The highest BCUT2D eigenvalue weighted by Crippen LogP contribution is 2.21. The number of nitrogens with zero attached hydrogens (tertiary/aromatic N) is 3. The molecule has 2 aromatic rings. The van der Waals surface area contributed by atoms with E-state index in [0.29, 0.717) is 25.9 Å². The summed E-state index contributed by atoms with van der Waals surface area (Å²) in [5.41, 5.74) is 3.02. The highest BCUT2D eigenvalue weighted by molar-refractivity contribution is 5.79. The molecule has 1 fully saturated rings. The summed E-state index contributed by atoms with van der Waals surface area (Å²) < 4.78 is 0. The molecule has 1 aromatic carbocycles. The normalized spacial score (nSPS) is 20.7. The van der Waals surface area contributed by atoms with Crippen LogP contribution >= 0.6 is 0 Å². The van der Waals surface area contributed by atoms with Crippen molar-refractivity contribution < 1.29 is 9.90 Å². The summed E-state index contributed by atoms with van der Waals surface area (Å²) in [5, 5.41) is 10.2. The van der Waals surface area contributed by atoms with Gasteiger partial charge in [0, 0.05) is 37.6 Å². The maximum atomic E-state index is 12.5. The van der Waals surface area contributed by atoms with E-state index in [2.05, 4.69) is 9.97 Å². The monoisotopic (exact) mass is 311 g/mol. The Morgan fingerprint density at radius 3 is 2.96 bits per heavy atom. The first-order valence-electron chi connectivity index (χ1n) is 7.88. The minimum atomic E-state index is -0.501. The molecule has 0 spiro atoms. The molecule has 0 aliphatic carbocycles. The Labute approximate surface area is 136 Å². The second-order valence-electron chi connectivity index (χ2n) is 6.19. The molecule has 0 saturated carbocycles. The molecule has 5 heteroatoms. The number of aryl methyl sites for hydroxylation is 1. The van der Waals surface area contributed by atoms with Gasteiger partial charge in [-0.3, -0.25) is 14.8 Å². The van der Waals surface area contributed by atoms with E-state index < -0.39 is 6.10 Å². The lowest BCUT2D eigenvalue weighted by Crippen LogP contribution is -2.31. The lowest BCUT2D eigenvalue weighted by molar-refractivity contribution is -0.129. The van der Waals surface area contributed by atoms with Crippen molar-refractivity contribution in [3.05, 3.63) is 59.7 Å². The van der Waals surface area contributed by atoms with Crippen LogP contribution in [-0.4, -0.2) is 45.1 Å². The predicted octanol–water partition coefficient (Wildman–Crippen LogP) is 1.39. The summed E-state index contributed by atoms with van der Waals surface area (Å²) >= 11 is 0. The largest absolute Gasteiger partial charge is 0.391 e. The third kappa shape index (κ3) is 3.93. The molecule has 2 atom stereocenters. The van der Waals surface area contributed by atoms with Crippen LogP contribution in [0.4, 0.5) is 0 Å². The van der Waals surface area contributed by atoms with Gasteiger partial charge in [-0.1, -0.05) is 29.8 Å². The van der Waals surface area contributed by atoms with Crippen molar-refractivity contribution in [3.8, 4) is 0 Å². The molecule has 1 N–H and O–H groups in total. The van der Waals surface area contributed by atoms with E-state index in [4.69, 9.17) is 0 Å². The quantitative estimate of drug-likeness (QED) is 0.926. The molecular weight excluding hydrogens is 290 g/mol. The van der Waals surface area contributed by atoms with Crippen LogP contribution in [0.3, 0.4) is 0 Å². The van der Waals surface area contributed by atoms with Crippen molar-refractivity contribution in [2.24, 2.45) is 5.92 Å². The average molecular weight is 311 g/mol.